The molecule has 0 radical (unpaired) electrons. The van der Waals surface area contributed by atoms with E-state index in [-0.39, 0.29) is 5.91 Å². The molecule has 8 heteroatoms. The first-order chi connectivity index (χ1) is 12.8. The van der Waals surface area contributed by atoms with E-state index >= 15 is 0 Å². The van der Waals surface area contributed by atoms with E-state index in [9.17, 15) is 14.4 Å². The first-order valence-electron chi connectivity index (χ1n) is 8.37. The van der Waals surface area contributed by atoms with Crippen LogP contribution in [0.15, 0.2) is 46.0 Å². The highest BCUT2D eigenvalue weighted by Gasteiger charge is 2.13. The number of fused-ring (bicyclic) bond motifs is 1. The molecule has 2 aromatic carbocycles. The van der Waals surface area contributed by atoms with Gasteiger partial charge in [-0.25, -0.2) is 0 Å². The second-order valence-corrected chi connectivity index (χ2v) is 6.68. The van der Waals surface area contributed by atoms with E-state index in [1.54, 1.807) is 37.3 Å². The van der Waals surface area contributed by atoms with Gasteiger partial charge in [-0.05, 0) is 43.3 Å². The van der Waals surface area contributed by atoms with Crippen molar-refractivity contribution < 1.29 is 4.79 Å². The van der Waals surface area contributed by atoms with Crippen LogP contribution in [0.4, 0.5) is 11.4 Å². The molecule has 3 rings (SSSR count). The van der Waals surface area contributed by atoms with Crippen LogP contribution in [0.1, 0.15) is 17.3 Å². The highest BCUT2D eigenvalue weighted by molar-refractivity contribution is 6.31. The van der Waals surface area contributed by atoms with Crippen molar-refractivity contribution in [1.29, 1.82) is 0 Å². The molecule has 0 aliphatic carbocycles. The van der Waals surface area contributed by atoms with Crippen LogP contribution in [0.25, 0.3) is 11.0 Å². The average molecular weight is 387 g/mol. The van der Waals surface area contributed by atoms with Gasteiger partial charge in [0.2, 0.25) is 0 Å². The van der Waals surface area contributed by atoms with E-state index in [1.165, 1.54) is 4.57 Å². The molecular formula is C19H19ClN4O3. The number of halogens is 1. The molecule has 140 valence electrons. The van der Waals surface area contributed by atoms with Crippen LogP contribution >= 0.6 is 11.6 Å². The molecule has 0 spiro atoms. The van der Waals surface area contributed by atoms with E-state index < -0.39 is 11.1 Å². The van der Waals surface area contributed by atoms with Crippen molar-refractivity contribution in [1.82, 2.24) is 9.55 Å². The zero-order chi connectivity index (χ0) is 19.7. The molecule has 7 nitrogen and oxygen atoms in total. The van der Waals surface area contributed by atoms with Crippen molar-refractivity contribution in [3.8, 4) is 0 Å². The van der Waals surface area contributed by atoms with Gasteiger partial charge in [0.05, 0.1) is 22.4 Å². The normalized spacial score (nSPS) is 10.8. The highest BCUT2D eigenvalue weighted by Crippen LogP contribution is 2.28. The Hall–Kier alpha value is -3.06. The molecule has 27 heavy (non-hydrogen) atoms. The number of hydrogen-bond donors (Lipinski definition) is 2. The second-order valence-electron chi connectivity index (χ2n) is 6.25. The summed E-state index contributed by atoms with van der Waals surface area (Å²) in [6.07, 6.45) is 0. The third kappa shape index (κ3) is 3.59. The van der Waals surface area contributed by atoms with Gasteiger partial charge in [-0.3, -0.25) is 14.4 Å². The molecule has 0 aliphatic rings. The van der Waals surface area contributed by atoms with Crippen molar-refractivity contribution in [3.63, 3.8) is 0 Å². The quantitative estimate of drug-likeness (QED) is 0.675. The van der Waals surface area contributed by atoms with Crippen molar-refractivity contribution in [2.45, 2.75) is 13.5 Å². The van der Waals surface area contributed by atoms with Crippen LogP contribution in [-0.4, -0.2) is 29.6 Å². The fraction of sp³-hybridized carbons (Fsp3) is 0.211. The SMILES string of the molecule is CCn1c(=O)c(=O)[nH]c2cc(C(=O)Nc3cc(Cl)ccc3N(C)C)ccc21. The van der Waals surface area contributed by atoms with Crippen LogP contribution in [0.5, 0.6) is 0 Å². The van der Waals surface area contributed by atoms with Gasteiger partial charge < -0.3 is 19.8 Å². The van der Waals surface area contributed by atoms with Gasteiger partial charge in [0.25, 0.3) is 5.91 Å². The Kier molecular flexibility index (Phi) is 5.05. The van der Waals surface area contributed by atoms with E-state index in [0.717, 1.165) is 5.69 Å². The summed E-state index contributed by atoms with van der Waals surface area (Å²) < 4.78 is 1.37. The summed E-state index contributed by atoms with van der Waals surface area (Å²) in [5, 5.41) is 3.35. The zero-order valence-electron chi connectivity index (χ0n) is 15.2. The number of aromatic amines is 1. The summed E-state index contributed by atoms with van der Waals surface area (Å²) >= 11 is 6.05. The van der Waals surface area contributed by atoms with E-state index in [2.05, 4.69) is 10.3 Å². The number of carbonyl (C=O) groups is 1. The number of benzene rings is 2. The summed E-state index contributed by atoms with van der Waals surface area (Å²) in [5.41, 5.74) is 1.39. The lowest BCUT2D eigenvalue weighted by molar-refractivity contribution is 0.102. The topological polar surface area (TPSA) is 87.2 Å². The third-order valence-corrected chi connectivity index (χ3v) is 4.48. The van der Waals surface area contributed by atoms with Gasteiger partial charge in [0.1, 0.15) is 0 Å². The summed E-state index contributed by atoms with van der Waals surface area (Å²) in [5.74, 6) is -0.350. The Labute approximate surface area is 160 Å². The monoisotopic (exact) mass is 386 g/mol. The summed E-state index contributed by atoms with van der Waals surface area (Å²) in [6, 6.07) is 10.1. The highest BCUT2D eigenvalue weighted by atomic mass is 35.5. The van der Waals surface area contributed by atoms with E-state index in [4.69, 9.17) is 11.6 Å². The molecular weight excluding hydrogens is 368 g/mol. The minimum Gasteiger partial charge on any atom is -0.376 e. The fourth-order valence-corrected chi connectivity index (χ4v) is 3.10. The van der Waals surface area contributed by atoms with Gasteiger partial charge in [-0.1, -0.05) is 11.6 Å². The molecule has 1 aromatic heterocycles. The Morgan fingerprint density at radius 1 is 1.19 bits per heavy atom. The predicted molar refractivity (Wildman–Crippen MR) is 108 cm³/mol. The molecule has 0 fully saturated rings. The average Bonchev–Trinajstić information content (AvgIpc) is 2.62. The van der Waals surface area contributed by atoms with Crippen LogP contribution in [0, 0.1) is 0 Å². The fourth-order valence-electron chi connectivity index (χ4n) is 2.93. The molecule has 0 atom stereocenters. The van der Waals surface area contributed by atoms with Crippen molar-refractivity contribution in [2.24, 2.45) is 0 Å². The number of nitrogens with zero attached hydrogens (tertiary/aromatic N) is 2. The Morgan fingerprint density at radius 2 is 1.93 bits per heavy atom. The number of aryl methyl sites for hydroxylation is 1. The van der Waals surface area contributed by atoms with Crippen molar-refractivity contribution in [3.05, 3.63) is 67.7 Å². The maximum absolute atomic E-state index is 12.7. The minimum absolute atomic E-state index is 0.350. The van der Waals surface area contributed by atoms with E-state index in [1.807, 2.05) is 25.1 Å². The lowest BCUT2D eigenvalue weighted by Crippen LogP contribution is -2.36. The minimum atomic E-state index is -0.716. The molecule has 3 aromatic rings. The number of anilines is 2. The number of aromatic nitrogens is 2. The number of rotatable bonds is 4. The maximum atomic E-state index is 12.7. The molecule has 0 saturated carbocycles. The first-order valence-corrected chi connectivity index (χ1v) is 8.74. The smallest absolute Gasteiger partial charge is 0.316 e. The second kappa shape index (κ2) is 7.28. The number of nitrogens with one attached hydrogen (secondary N) is 2. The van der Waals surface area contributed by atoms with Crippen molar-refractivity contribution in [2.75, 3.05) is 24.3 Å². The Balaban J connectivity index is 2.03. The number of H-pyrrole nitrogens is 1. The van der Waals surface area contributed by atoms with Gasteiger partial charge in [-0.15, -0.1) is 0 Å². The number of hydrogen-bond acceptors (Lipinski definition) is 4. The van der Waals surface area contributed by atoms with Gasteiger partial charge >= 0.3 is 11.1 Å². The molecule has 0 saturated heterocycles. The molecule has 0 unspecified atom stereocenters. The number of amides is 1. The van der Waals surface area contributed by atoms with Crippen LogP contribution < -0.4 is 21.3 Å². The third-order valence-electron chi connectivity index (χ3n) is 4.24. The predicted octanol–water partition coefficient (Wildman–Crippen LogP) is 2.68. The van der Waals surface area contributed by atoms with Gasteiger partial charge in [-0.2, -0.15) is 0 Å². The largest absolute Gasteiger partial charge is 0.376 e. The summed E-state index contributed by atoms with van der Waals surface area (Å²) in [6.45, 7) is 2.14. The van der Waals surface area contributed by atoms with Crippen molar-refractivity contribution >= 4 is 39.9 Å². The zero-order valence-corrected chi connectivity index (χ0v) is 15.9. The summed E-state index contributed by atoms with van der Waals surface area (Å²) in [7, 11) is 3.73. The van der Waals surface area contributed by atoms with Crippen LogP contribution in [0.2, 0.25) is 5.02 Å². The molecule has 1 amide bonds. The lowest BCUT2D eigenvalue weighted by atomic mass is 10.1. The Bertz CT molecular complexity index is 1150. The summed E-state index contributed by atoms with van der Waals surface area (Å²) in [4.78, 5) is 40.9. The molecule has 0 bridgehead atoms. The molecule has 0 aliphatic heterocycles. The van der Waals surface area contributed by atoms with E-state index in [0.29, 0.717) is 33.9 Å². The maximum Gasteiger partial charge on any atom is 0.316 e. The lowest BCUT2D eigenvalue weighted by Gasteiger charge is -2.18. The van der Waals surface area contributed by atoms with Gasteiger partial charge in [0, 0.05) is 31.2 Å². The molecule has 2 N–H and O–H groups in total. The molecule has 1 heterocycles. The first kappa shape index (κ1) is 18.7. The van der Waals surface area contributed by atoms with Crippen LogP contribution in [-0.2, 0) is 6.54 Å². The van der Waals surface area contributed by atoms with Gasteiger partial charge in [0.15, 0.2) is 0 Å². The Morgan fingerprint density at radius 3 is 2.59 bits per heavy atom. The standard InChI is InChI=1S/C19H19ClN4O3/c1-4-24-16-7-5-11(9-13(16)22-18(26)19(24)27)17(25)21-14-10-12(20)6-8-15(14)23(2)3/h5-10H,4H2,1-3H3,(H,21,25)(H,22,26). The van der Waals surface area contributed by atoms with Crippen LogP contribution in [0.3, 0.4) is 0 Å². The number of carbonyl (C=O) groups excluding carboxylic acids is 1.